The van der Waals surface area contributed by atoms with E-state index in [1.165, 1.54) is 0 Å². The molecule has 1 aromatic heterocycles. The highest BCUT2D eigenvalue weighted by Crippen LogP contribution is 2.33. The third-order valence-electron chi connectivity index (χ3n) is 3.34. The maximum atomic E-state index is 11.3. The summed E-state index contributed by atoms with van der Waals surface area (Å²) in [6.45, 7) is 0.887. The van der Waals surface area contributed by atoms with Gasteiger partial charge in [-0.15, -0.1) is 0 Å². The van der Waals surface area contributed by atoms with Crippen LogP contribution >= 0.6 is 0 Å². The molecule has 0 saturated carbocycles. The van der Waals surface area contributed by atoms with Crippen LogP contribution in [0.5, 0.6) is 0 Å². The number of carbonyl (C=O) groups is 1. The van der Waals surface area contributed by atoms with Crippen LogP contribution in [-0.4, -0.2) is 34.1 Å². The van der Waals surface area contributed by atoms with Gasteiger partial charge in [0.25, 0.3) is 0 Å². The highest BCUT2D eigenvalue weighted by atomic mass is 16.5. The third kappa shape index (κ3) is 1.95. The van der Waals surface area contributed by atoms with Crippen molar-refractivity contribution in [2.75, 3.05) is 13.2 Å². The van der Waals surface area contributed by atoms with Gasteiger partial charge in [0.1, 0.15) is 0 Å². The largest absolute Gasteiger partial charge is 0.481 e. The average molecular weight is 224 g/mol. The molecule has 1 atom stereocenters. The Morgan fingerprint density at radius 2 is 2.56 bits per heavy atom. The minimum atomic E-state index is -0.743. The van der Waals surface area contributed by atoms with E-state index in [2.05, 4.69) is 5.10 Å². The first kappa shape index (κ1) is 11.1. The van der Waals surface area contributed by atoms with Crippen molar-refractivity contribution in [1.29, 1.82) is 0 Å². The molecule has 0 radical (unpaired) electrons. The second kappa shape index (κ2) is 4.25. The van der Waals surface area contributed by atoms with E-state index in [1.807, 2.05) is 13.1 Å². The molecule has 1 aromatic rings. The minimum Gasteiger partial charge on any atom is -0.481 e. The van der Waals surface area contributed by atoms with E-state index < -0.39 is 11.4 Å². The van der Waals surface area contributed by atoms with Gasteiger partial charge in [-0.1, -0.05) is 0 Å². The summed E-state index contributed by atoms with van der Waals surface area (Å²) in [6.07, 6.45) is 3.68. The van der Waals surface area contributed by atoms with Crippen LogP contribution < -0.4 is 0 Å². The van der Waals surface area contributed by atoms with E-state index in [4.69, 9.17) is 4.74 Å². The Labute approximate surface area is 94.0 Å². The number of carboxylic acid groups (broad SMARTS) is 1. The summed E-state index contributed by atoms with van der Waals surface area (Å²) >= 11 is 0. The fourth-order valence-electron chi connectivity index (χ4n) is 2.09. The van der Waals surface area contributed by atoms with Crippen molar-refractivity contribution in [3.05, 3.63) is 18.0 Å². The highest BCUT2D eigenvalue weighted by molar-refractivity contribution is 5.75. The first-order valence-corrected chi connectivity index (χ1v) is 5.42. The average Bonchev–Trinajstić information content (AvgIpc) is 2.84. The summed E-state index contributed by atoms with van der Waals surface area (Å²) in [4.78, 5) is 11.3. The normalized spacial score (nSPS) is 24.8. The summed E-state index contributed by atoms with van der Waals surface area (Å²) in [7, 11) is 1.87. The van der Waals surface area contributed by atoms with Crippen LogP contribution in [0.1, 0.15) is 18.5 Å². The molecule has 88 valence electrons. The number of hydrogen-bond donors (Lipinski definition) is 1. The van der Waals surface area contributed by atoms with Crippen LogP contribution in [0.3, 0.4) is 0 Å². The smallest absolute Gasteiger partial charge is 0.312 e. The van der Waals surface area contributed by atoms with Gasteiger partial charge in [-0.3, -0.25) is 9.48 Å². The Hall–Kier alpha value is -1.36. The summed E-state index contributed by atoms with van der Waals surface area (Å²) in [5, 5.41) is 13.3. The summed E-state index contributed by atoms with van der Waals surface area (Å²) < 4.78 is 7.00. The number of ether oxygens (including phenoxy) is 1. The van der Waals surface area contributed by atoms with Crippen LogP contribution in [0.15, 0.2) is 12.3 Å². The molecule has 0 spiro atoms. The first-order valence-electron chi connectivity index (χ1n) is 5.42. The van der Waals surface area contributed by atoms with Crippen LogP contribution in [0.25, 0.3) is 0 Å². The molecule has 16 heavy (non-hydrogen) atoms. The molecular weight excluding hydrogens is 208 g/mol. The standard InChI is InChI=1S/C11H16N2O3/c1-13-9(3-6-12-13)2-4-11(10(14)15)5-7-16-8-11/h3,6H,2,4-5,7-8H2,1H3,(H,14,15). The number of rotatable bonds is 4. The van der Waals surface area contributed by atoms with E-state index in [0.717, 1.165) is 12.1 Å². The van der Waals surface area contributed by atoms with E-state index >= 15 is 0 Å². The zero-order valence-electron chi connectivity index (χ0n) is 9.35. The number of carboxylic acids is 1. The number of hydrogen-bond acceptors (Lipinski definition) is 3. The molecule has 5 nitrogen and oxygen atoms in total. The topological polar surface area (TPSA) is 64.4 Å². The number of aryl methyl sites for hydroxylation is 2. The van der Waals surface area contributed by atoms with Crippen molar-refractivity contribution in [2.24, 2.45) is 12.5 Å². The van der Waals surface area contributed by atoms with Gasteiger partial charge in [-0.25, -0.2) is 0 Å². The molecule has 1 N–H and O–H groups in total. The van der Waals surface area contributed by atoms with Gasteiger partial charge < -0.3 is 9.84 Å². The van der Waals surface area contributed by atoms with Gasteiger partial charge in [0, 0.05) is 25.5 Å². The lowest BCUT2D eigenvalue weighted by atomic mass is 9.82. The molecule has 2 heterocycles. The zero-order chi connectivity index (χ0) is 11.6. The molecule has 2 rings (SSSR count). The Morgan fingerprint density at radius 3 is 3.06 bits per heavy atom. The number of aliphatic carboxylic acids is 1. The molecule has 1 fully saturated rings. The molecule has 5 heteroatoms. The SMILES string of the molecule is Cn1nccc1CCC1(C(=O)O)CCOC1. The third-order valence-corrected chi connectivity index (χ3v) is 3.34. The van der Waals surface area contributed by atoms with Gasteiger partial charge in [0.05, 0.1) is 12.0 Å². The second-order valence-electron chi connectivity index (χ2n) is 4.33. The molecule has 0 amide bonds. The fourth-order valence-corrected chi connectivity index (χ4v) is 2.09. The zero-order valence-corrected chi connectivity index (χ0v) is 9.35. The van der Waals surface area contributed by atoms with Gasteiger partial charge in [0.2, 0.25) is 0 Å². The van der Waals surface area contributed by atoms with Crippen LogP contribution in [0.2, 0.25) is 0 Å². The van der Waals surface area contributed by atoms with E-state index in [-0.39, 0.29) is 0 Å². The van der Waals surface area contributed by atoms with Crippen LogP contribution in [-0.2, 0) is 23.0 Å². The predicted octanol–water partition coefficient (Wildman–Crippen LogP) is 0.844. The van der Waals surface area contributed by atoms with Gasteiger partial charge >= 0.3 is 5.97 Å². The van der Waals surface area contributed by atoms with E-state index in [0.29, 0.717) is 26.1 Å². The Morgan fingerprint density at radius 1 is 1.75 bits per heavy atom. The maximum Gasteiger partial charge on any atom is 0.312 e. The molecular formula is C11H16N2O3. The van der Waals surface area contributed by atoms with Crippen LogP contribution in [0.4, 0.5) is 0 Å². The van der Waals surface area contributed by atoms with Crippen molar-refractivity contribution in [3.63, 3.8) is 0 Å². The Bertz CT molecular complexity index is 380. The summed E-state index contributed by atoms with van der Waals surface area (Å²) in [5.41, 5.74) is 0.372. The van der Waals surface area contributed by atoms with Gasteiger partial charge in [0.15, 0.2) is 0 Å². The first-order chi connectivity index (χ1) is 7.64. The Balaban J connectivity index is 2.03. The summed E-state index contributed by atoms with van der Waals surface area (Å²) in [6, 6.07) is 1.92. The molecule has 1 aliphatic heterocycles. The molecule has 0 aliphatic carbocycles. The molecule has 0 aromatic carbocycles. The van der Waals surface area contributed by atoms with Gasteiger partial charge in [-0.2, -0.15) is 5.10 Å². The second-order valence-corrected chi connectivity index (χ2v) is 4.33. The van der Waals surface area contributed by atoms with Gasteiger partial charge in [-0.05, 0) is 25.3 Å². The molecule has 1 unspecified atom stereocenters. The quantitative estimate of drug-likeness (QED) is 0.823. The minimum absolute atomic E-state index is 0.334. The molecule has 0 bridgehead atoms. The Kier molecular flexibility index (Phi) is 2.96. The lowest BCUT2D eigenvalue weighted by molar-refractivity contribution is -0.149. The molecule has 1 saturated heterocycles. The van der Waals surface area contributed by atoms with Crippen molar-refractivity contribution in [1.82, 2.24) is 9.78 Å². The summed E-state index contributed by atoms with van der Waals surface area (Å²) in [5.74, 6) is -0.743. The monoisotopic (exact) mass is 224 g/mol. The van der Waals surface area contributed by atoms with E-state index in [1.54, 1.807) is 10.9 Å². The molecule has 1 aliphatic rings. The van der Waals surface area contributed by atoms with E-state index in [9.17, 15) is 9.90 Å². The van der Waals surface area contributed by atoms with Crippen LogP contribution in [0, 0.1) is 5.41 Å². The van der Waals surface area contributed by atoms with Crippen molar-refractivity contribution < 1.29 is 14.6 Å². The number of aromatic nitrogens is 2. The van der Waals surface area contributed by atoms with Crippen molar-refractivity contribution in [2.45, 2.75) is 19.3 Å². The predicted molar refractivity (Wildman–Crippen MR) is 57.0 cm³/mol. The lowest BCUT2D eigenvalue weighted by Crippen LogP contribution is -2.32. The highest BCUT2D eigenvalue weighted by Gasteiger charge is 2.42. The number of nitrogens with zero attached hydrogens (tertiary/aromatic N) is 2. The fraction of sp³-hybridized carbons (Fsp3) is 0.636. The van der Waals surface area contributed by atoms with Crippen molar-refractivity contribution in [3.8, 4) is 0 Å². The lowest BCUT2D eigenvalue weighted by Gasteiger charge is -2.21. The maximum absolute atomic E-state index is 11.3. The van der Waals surface area contributed by atoms with Crippen molar-refractivity contribution >= 4 is 5.97 Å².